The Balaban J connectivity index is 2.04. The van der Waals surface area contributed by atoms with Crippen molar-refractivity contribution in [3.05, 3.63) is 22.6 Å². The van der Waals surface area contributed by atoms with E-state index in [-0.39, 0.29) is 0 Å². The summed E-state index contributed by atoms with van der Waals surface area (Å²) in [5.74, 6) is 1.57. The number of hydrogen-bond acceptors (Lipinski definition) is 3. The topological polar surface area (TPSA) is 39.9 Å². The summed E-state index contributed by atoms with van der Waals surface area (Å²) in [5, 5.41) is 0. The number of alkyl halides is 1. The number of imidazole rings is 1. The number of fused-ring (bicyclic) bond motifs is 1. The second-order valence-corrected chi connectivity index (χ2v) is 6.23. The van der Waals surface area contributed by atoms with Crippen LogP contribution < -0.4 is 0 Å². The first-order valence-corrected chi connectivity index (χ1v) is 8.73. The number of unbranched alkanes of at least 4 members (excludes halogenated alkanes) is 1. The second-order valence-electron chi connectivity index (χ2n) is 4.93. The zero-order valence-electron chi connectivity index (χ0n) is 12.3. The molecule has 0 atom stereocenters. The lowest BCUT2D eigenvalue weighted by Gasteiger charge is -2.08. The lowest BCUT2D eigenvalue weighted by atomic mass is 10.3. The summed E-state index contributed by atoms with van der Waals surface area (Å²) in [6.45, 7) is 4.66. The molecule has 0 aliphatic carbocycles. The van der Waals surface area contributed by atoms with Gasteiger partial charge in [0.1, 0.15) is 11.3 Å². The molecule has 0 unspecified atom stereocenters. The Hall–Kier alpha value is -0.650. The molecular weight excluding hydrogens is 354 g/mol. The third kappa shape index (κ3) is 4.66. The standard InChI is InChI=1S/C15H21BrClN3O/c1-2-3-8-21-9-4-7-20-14(5-6-17)19-13-10-12(16)11-18-15(13)20/h10-11H,2-9H2,1H3. The number of nitrogens with zero attached hydrogens (tertiary/aromatic N) is 3. The minimum Gasteiger partial charge on any atom is -0.381 e. The molecule has 2 heterocycles. The number of halogens is 2. The predicted octanol–water partition coefficient (Wildman–Crippen LogP) is 4.18. The fourth-order valence-corrected chi connectivity index (χ4v) is 2.71. The molecule has 2 aromatic heterocycles. The lowest BCUT2D eigenvalue weighted by molar-refractivity contribution is 0.126. The second kappa shape index (κ2) is 8.71. The van der Waals surface area contributed by atoms with E-state index in [9.17, 15) is 0 Å². The van der Waals surface area contributed by atoms with Crippen LogP contribution in [-0.4, -0.2) is 33.6 Å². The Kier molecular flexibility index (Phi) is 6.93. The lowest BCUT2D eigenvalue weighted by Crippen LogP contribution is -2.08. The average Bonchev–Trinajstić information content (AvgIpc) is 2.80. The van der Waals surface area contributed by atoms with E-state index >= 15 is 0 Å². The van der Waals surface area contributed by atoms with Crippen molar-refractivity contribution in [3.63, 3.8) is 0 Å². The van der Waals surface area contributed by atoms with E-state index in [0.29, 0.717) is 5.88 Å². The Bertz CT molecular complexity index is 573. The van der Waals surface area contributed by atoms with Crippen molar-refractivity contribution >= 4 is 38.7 Å². The summed E-state index contributed by atoms with van der Waals surface area (Å²) < 4.78 is 8.72. The van der Waals surface area contributed by atoms with Crippen LogP contribution in [0.25, 0.3) is 11.2 Å². The highest BCUT2D eigenvalue weighted by molar-refractivity contribution is 9.10. The van der Waals surface area contributed by atoms with Gasteiger partial charge in [-0.2, -0.15) is 0 Å². The summed E-state index contributed by atoms with van der Waals surface area (Å²) in [7, 11) is 0. The summed E-state index contributed by atoms with van der Waals surface area (Å²) >= 11 is 9.31. The smallest absolute Gasteiger partial charge is 0.160 e. The first-order valence-electron chi connectivity index (χ1n) is 7.40. The highest BCUT2D eigenvalue weighted by Gasteiger charge is 2.11. The number of aryl methyl sites for hydroxylation is 2. The van der Waals surface area contributed by atoms with E-state index in [0.717, 1.165) is 60.5 Å². The Morgan fingerprint density at radius 1 is 1.33 bits per heavy atom. The highest BCUT2D eigenvalue weighted by Crippen LogP contribution is 2.19. The highest BCUT2D eigenvalue weighted by atomic mass is 79.9. The van der Waals surface area contributed by atoms with E-state index in [1.807, 2.05) is 12.3 Å². The third-order valence-corrected chi connectivity index (χ3v) is 3.88. The van der Waals surface area contributed by atoms with Crippen molar-refractivity contribution in [2.45, 2.75) is 39.2 Å². The molecule has 21 heavy (non-hydrogen) atoms. The molecule has 4 nitrogen and oxygen atoms in total. The molecule has 0 amide bonds. The van der Waals surface area contributed by atoms with Gasteiger partial charge < -0.3 is 9.30 Å². The Morgan fingerprint density at radius 2 is 2.14 bits per heavy atom. The van der Waals surface area contributed by atoms with Gasteiger partial charge in [0, 0.05) is 42.7 Å². The molecule has 0 saturated carbocycles. The summed E-state index contributed by atoms with van der Waals surface area (Å²) in [4.78, 5) is 9.12. The van der Waals surface area contributed by atoms with Gasteiger partial charge in [-0.25, -0.2) is 9.97 Å². The van der Waals surface area contributed by atoms with Gasteiger partial charge in [-0.05, 0) is 34.8 Å². The number of pyridine rings is 1. The van der Waals surface area contributed by atoms with Crippen LogP contribution in [0.3, 0.4) is 0 Å². The van der Waals surface area contributed by atoms with Crippen LogP contribution in [0.1, 0.15) is 32.0 Å². The maximum absolute atomic E-state index is 5.88. The van der Waals surface area contributed by atoms with E-state index < -0.39 is 0 Å². The zero-order chi connectivity index (χ0) is 15.1. The average molecular weight is 375 g/mol. The fraction of sp³-hybridized carbons (Fsp3) is 0.600. The van der Waals surface area contributed by atoms with E-state index in [4.69, 9.17) is 16.3 Å². The van der Waals surface area contributed by atoms with Gasteiger partial charge in [0.05, 0.1) is 0 Å². The van der Waals surface area contributed by atoms with Crippen LogP contribution in [0.5, 0.6) is 0 Å². The van der Waals surface area contributed by atoms with Crippen LogP contribution in [0.15, 0.2) is 16.7 Å². The van der Waals surface area contributed by atoms with Crippen LogP contribution >= 0.6 is 27.5 Å². The number of hydrogen-bond donors (Lipinski definition) is 0. The molecular formula is C15H21BrClN3O. The van der Waals surface area contributed by atoms with Crippen LogP contribution in [0.2, 0.25) is 0 Å². The molecule has 116 valence electrons. The molecule has 0 saturated heterocycles. The molecule has 6 heteroatoms. The van der Waals surface area contributed by atoms with Crippen molar-refractivity contribution in [2.75, 3.05) is 19.1 Å². The normalized spacial score (nSPS) is 11.4. The molecule has 2 aromatic rings. The van der Waals surface area contributed by atoms with E-state index in [1.165, 1.54) is 6.42 Å². The molecule has 0 aliphatic rings. The molecule has 0 radical (unpaired) electrons. The number of rotatable bonds is 9. The number of ether oxygens (including phenoxy) is 1. The minimum absolute atomic E-state index is 0.567. The van der Waals surface area contributed by atoms with Gasteiger partial charge in [0.2, 0.25) is 0 Å². The largest absolute Gasteiger partial charge is 0.381 e. The monoisotopic (exact) mass is 373 g/mol. The van der Waals surface area contributed by atoms with Crippen LogP contribution in [-0.2, 0) is 17.7 Å². The van der Waals surface area contributed by atoms with Crippen molar-refractivity contribution < 1.29 is 4.74 Å². The first-order chi connectivity index (χ1) is 10.3. The number of aromatic nitrogens is 3. The molecule has 0 spiro atoms. The Labute approximate surface area is 139 Å². The van der Waals surface area contributed by atoms with Crippen LogP contribution in [0, 0.1) is 0 Å². The van der Waals surface area contributed by atoms with Crippen molar-refractivity contribution in [1.29, 1.82) is 0 Å². The van der Waals surface area contributed by atoms with Crippen molar-refractivity contribution in [2.24, 2.45) is 0 Å². The van der Waals surface area contributed by atoms with Crippen molar-refractivity contribution in [1.82, 2.24) is 14.5 Å². The minimum atomic E-state index is 0.567. The van der Waals surface area contributed by atoms with Gasteiger partial charge >= 0.3 is 0 Å². The molecule has 0 N–H and O–H groups in total. The molecule has 0 aromatic carbocycles. The SMILES string of the molecule is CCCCOCCCn1c(CCCl)nc2cc(Br)cnc21. The summed E-state index contributed by atoms with van der Waals surface area (Å²) in [5.41, 5.74) is 1.84. The van der Waals surface area contributed by atoms with Gasteiger partial charge in [0.15, 0.2) is 5.65 Å². The van der Waals surface area contributed by atoms with Crippen LogP contribution in [0.4, 0.5) is 0 Å². The quantitative estimate of drug-likeness (QED) is 0.488. The fourth-order valence-electron chi connectivity index (χ4n) is 2.22. The maximum atomic E-state index is 5.88. The first kappa shape index (κ1) is 16.7. The summed E-state index contributed by atoms with van der Waals surface area (Å²) in [6, 6.07) is 1.99. The molecule has 0 aliphatic heterocycles. The third-order valence-electron chi connectivity index (χ3n) is 3.26. The zero-order valence-corrected chi connectivity index (χ0v) is 14.7. The van der Waals surface area contributed by atoms with Gasteiger partial charge in [-0.3, -0.25) is 0 Å². The maximum Gasteiger partial charge on any atom is 0.160 e. The molecule has 0 fully saturated rings. The van der Waals surface area contributed by atoms with Gasteiger partial charge in [0.25, 0.3) is 0 Å². The van der Waals surface area contributed by atoms with Crippen molar-refractivity contribution in [3.8, 4) is 0 Å². The Morgan fingerprint density at radius 3 is 2.90 bits per heavy atom. The van der Waals surface area contributed by atoms with E-state index in [1.54, 1.807) is 0 Å². The van der Waals surface area contributed by atoms with Gasteiger partial charge in [-0.15, -0.1) is 11.6 Å². The van der Waals surface area contributed by atoms with Gasteiger partial charge in [-0.1, -0.05) is 13.3 Å². The summed E-state index contributed by atoms with van der Waals surface area (Å²) in [6.07, 6.45) is 5.82. The molecule has 2 rings (SSSR count). The predicted molar refractivity (Wildman–Crippen MR) is 90.0 cm³/mol. The van der Waals surface area contributed by atoms with E-state index in [2.05, 4.69) is 37.4 Å². The molecule has 0 bridgehead atoms.